The van der Waals surface area contributed by atoms with Crippen LogP contribution in [0.3, 0.4) is 0 Å². The molecule has 3 aromatic rings. The number of fused-ring (bicyclic) bond motifs is 1. The van der Waals surface area contributed by atoms with Crippen LogP contribution in [0.5, 0.6) is 0 Å². The summed E-state index contributed by atoms with van der Waals surface area (Å²) >= 11 is 0. The summed E-state index contributed by atoms with van der Waals surface area (Å²) in [5.41, 5.74) is 2.62. The van der Waals surface area contributed by atoms with E-state index in [1.54, 1.807) is 13.0 Å². The highest BCUT2D eigenvalue weighted by Gasteiger charge is 2.20. The molecule has 2 N–H and O–H groups in total. The second-order valence-corrected chi connectivity index (χ2v) is 7.12. The molecule has 8 heteroatoms. The van der Waals surface area contributed by atoms with Crippen molar-refractivity contribution in [2.24, 2.45) is 0 Å². The molecule has 29 heavy (non-hydrogen) atoms. The summed E-state index contributed by atoms with van der Waals surface area (Å²) in [6.07, 6.45) is 4.14. The number of carbonyl (C=O) groups is 2. The molecule has 3 heterocycles. The van der Waals surface area contributed by atoms with E-state index in [1.807, 2.05) is 29.3 Å². The van der Waals surface area contributed by atoms with Crippen LogP contribution in [0.25, 0.3) is 10.9 Å². The summed E-state index contributed by atoms with van der Waals surface area (Å²) in [4.78, 5) is 39.6. The molecule has 1 saturated heterocycles. The van der Waals surface area contributed by atoms with Gasteiger partial charge in [-0.05, 0) is 18.1 Å². The van der Waals surface area contributed by atoms with Crippen LogP contribution in [0.2, 0.25) is 0 Å². The third-order valence-corrected chi connectivity index (χ3v) is 5.29. The summed E-state index contributed by atoms with van der Waals surface area (Å²) in [6.45, 7) is 4.81. The minimum absolute atomic E-state index is 0.0857. The first-order valence-electron chi connectivity index (χ1n) is 9.77. The van der Waals surface area contributed by atoms with Gasteiger partial charge in [0.15, 0.2) is 0 Å². The maximum Gasteiger partial charge on any atom is 0.270 e. The number of anilines is 1. The average molecular weight is 392 g/mol. The van der Waals surface area contributed by atoms with Gasteiger partial charge in [-0.15, -0.1) is 0 Å². The van der Waals surface area contributed by atoms with E-state index < -0.39 is 0 Å². The Morgan fingerprint density at radius 1 is 1.14 bits per heavy atom. The quantitative estimate of drug-likeness (QED) is 0.688. The Bertz CT molecular complexity index is 1020. The fraction of sp³-hybridized carbons (Fsp3) is 0.333. The number of piperazine rings is 1. The van der Waals surface area contributed by atoms with E-state index in [2.05, 4.69) is 31.2 Å². The molecule has 1 aliphatic rings. The monoisotopic (exact) mass is 392 g/mol. The van der Waals surface area contributed by atoms with Crippen molar-refractivity contribution < 1.29 is 9.59 Å². The van der Waals surface area contributed by atoms with E-state index in [0.717, 1.165) is 11.9 Å². The molecule has 1 aromatic carbocycles. The molecule has 8 nitrogen and oxygen atoms in total. The topological polar surface area (TPSA) is 94.2 Å². The second kappa shape index (κ2) is 8.30. The van der Waals surface area contributed by atoms with Gasteiger partial charge in [-0.1, -0.05) is 18.2 Å². The van der Waals surface area contributed by atoms with Crippen LogP contribution >= 0.6 is 0 Å². The van der Waals surface area contributed by atoms with Crippen LogP contribution < -0.4 is 10.2 Å². The predicted molar refractivity (Wildman–Crippen MR) is 111 cm³/mol. The van der Waals surface area contributed by atoms with Gasteiger partial charge in [0.05, 0.1) is 0 Å². The Morgan fingerprint density at radius 3 is 2.72 bits per heavy atom. The van der Waals surface area contributed by atoms with Crippen molar-refractivity contribution in [1.29, 1.82) is 0 Å². The molecule has 2 amide bonds. The first-order valence-corrected chi connectivity index (χ1v) is 9.77. The first kappa shape index (κ1) is 18.9. The largest absolute Gasteiger partial charge is 0.361 e. The van der Waals surface area contributed by atoms with Crippen LogP contribution in [-0.4, -0.2) is 64.4 Å². The van der Waals surface area contributed by atoms with Crippen molar-refractivity contribution in [3.05, 3.63) is 54.1 Å². The highest BCUT2D eigenvalue weighted by molar-refractivity contribution is 5.93. The Labute approximate surface area is 168 Å². The highest BCUT2D eigenvalue weighted by Crippen LogP contribution is 2.18. The number of hydrogen-bond acceptors (Lipinski definition) is 5. The number of hydrogen-bond donors (Lipinski definition) is 2. The first-order chi connectivity index (χ1) is 14.1. The molecule has 1 fully saturated rings. The maximum atomic E-state index is 12.5. The minimum Gasteiger partial charge on any atom is -0.361 e. The molecular formula is C21H24N6O2. The molecule has 0 atom stereocenters. The number of para-hydroxylation sites is 1. The van der Waals surface area contributed by atoms with Crippen molar-refractivity contribution in [3.8, 4) is 0 Å². The van der Waals surface area contributed by atoms with Crippen LogP contribution in [-0.2, 0) is 11.2 Å². The van der Waals surface area contributed by atoms with E-state index in [4.69, 9.17) is 0 Å². The third-order valence-electron chi connectivity index (χ3n) is 5.29. The maximum absolute atomic E-state index is 12.5. The zero-order valence-corrected chi connectivity index (χ0v) is 16.4. The van der Waals surface area contributed by atoms with Gasteiger partial charge in [0.25, 0.3) is 5.91 Å². The van der Waals surface area contributed by atoms with Gasteiger partial charge in [-0.3, -0.25) is 9.59 Å². The van der Waals surface area contributed by atoms with E-state index in [1.165, 1.54) is 17.3 Å². The standard InChI is InChI=1S/C21H24N6O2/c1-15(28)26-8-10-27(11-9-26)20-12-19(24-14-25-20)21(29)22-7-6-16-13-23-18-5-3-2-4-17(16)18/h2-5,12-14,23H,6-11H2,1H3,(H,22,29). The number of aromatic nitrogens is 3. The van der Waals surface area contributed by atoms with Crippen LogP contribution in [0, 0.1) is 0 Å². The van der Waals surface area contributed by atoms with E-state index >= 15 is 0 Å². The normalized spacial score (nSPS) is 14.2. The van der Waals surface area contributed by atoms with Gasteiger partial charge < -0.3 is 20.1 Å². The van der Waals surface area contributed by atoms with Crippen LogP contribution in [0.15, 0.2) is 42.9 Å². The van der Waals surface area contributed by atoms with Crippen molar-refractivity contribution in [3.63, 3.8) is 0 Å². The number of nitrogens with zero attached hydrogens (tertiary/aromatic N) is 4. The van der Waals surface area contributed by atoms with E-state index in [-0.39, 0.29) is 11.8 Å². The molecule has 0 aliphatic carbocycles. The molecule has 0 bridgehead atoms. The molecule has 2 aromatic heterocycles. The average Bonchev–Trinajstić information content (AvgIpc) is 3.17. The summed E-state index contributed by atoms with van der Waals surface area (Å²) in [7, 11) is 0. The molecule has 1 aliphatic heterocycles. The molecule has 0 radical (unpaired) electrons. The van der Waals surface area contributed by atoms with Gasteiger partial charge in [0.2, 0.25) is 5.91 Å². The number of nitrogens with one attached hydrogen (secondary N) is 2. The summed E-state index contributed by atoms with van der Waals surface area (Å²) in [5.74, 6) is 0.587. The lowest BCUT2D eigenvalue weighted by atomic mass is 10.1. The Kier molecular flexibility index (Phi) is 5.41. The molecule has 0 spiro atoms. The SMILES string of the molecule is CC(=O)N1CCN(c2cc(C(=O)NCCc3c[nH]c4ccccc34)ncn2)CC1. The lowest BCUT2D eigenvalue weighted by molar-refractivity contribution is -0.129. The Hall–Kier alpha value is -3.42. The number of benzene rings is 1. The minimum atomic E-state index is -0.212. The number of H-pyrrole nitrogens is 1. The summed E-state index contributed by atoms with van der Waals surface area (Å²) in [6, 6.07) is 9.83. The number of rotatable bonds is 5. The zero-order valence-electron chi connectivity index (χ0n) is 16.4. The lowest BCUT2D eigenvalue weighted by Gasteiger charge is -2.34. The molecular weight excluding hydrogens is 368 g/mol. The molecule has 150 valence electrons. The molecule has 0 unspecified atom stereocenters. The van der Waals surface area contributed by atoms with Gasteiger partial charge >= 0.3 is 0 Å². The second-order valence-electron chi connectivity index (χ2n) is 7.12. The van der Waals surface area contributed by atoms with Crippen molar-refractivity contribution >= 4 is 28.5 Å². The Balaban J connectivity index is 1.34. The predicted octanol–water partition coefficient (Wildman–Crippen LogP) is 1.60. The van der Waals surface area contributed by atoms with Crippen LogP contribution in [0.1, 0.15) is 23.0 Å². The summed E-state index contributed by atoms with van der Waals surface area (Å²) < 4.78 is 0. The molecule has 0 saturated carbocycles. The smallest absolute Gasteiger partial charge is 0.270 e. The molecule has 4 rings (SSSR count). The fourth-order valence-electron chi connectivity index (χ4n) is 3.63. The van der Waals surface area contributed by atoms with Gasteiger partial charge in [-0.25, -0.2) is 9.97 Å². The van der Waals surface area contributed by atoms with Gasteiger partial charge in [0, 0.05) is 62.8 Å². The van der Waals surface area contributed by atoms with Gasteiger partial charge in [0.1, 0.15) is 17.8 Å². The van der Waals surface area contributed by atoms with Crippen molar-refractivity contribution in [1.82, 2.24) is 25.2 Å². The third kappa shape index (κ3) is 4.21. The fourth-order valence-corrected chi connectivity index (χ4v) is 3.63. The lowest BCUT2D eigenvalue weighted by Crippen LogP contribution is -2.48. The van der Waals surface area contributed by atoms with E-state index in [0.29, 0.717) is 44.2 Å². The van der Waals surface area contributed by atoms with Crippen molar-refractivity contribution in [2.75, 3.05) is 37.6 Å². The number of aromatic amines is 1. The number of amides is 2. The van der Waals surface area contributed by atoms with Gasteiger partial charge in [-0.2, -0.15) is 0 Å². The summed E-state index contributed by atoms with van der Waals surface area (Å²) in [5, 5.41) is 4.12. The van der Waals surface area contributed by atoms with Crippen molar-refractivity contribution in [2.45, 2.75) is 13.3 Å². The van der Waals surface area contributed by atoms with E-state index in [9.17, 15) is 9.59 Å². The zero-order chi connectivity index (χ0) is 20.2. The highest BCUT2D eigenvalue weighted by atomic mass is 16.2. The van der Waals surface area contributed by atoms with Crippen LogP contribution in [0.4, 0.5) is 5.82 Å². The number of carbonyl (C=O) groups excluding carboxylic acids is 2. The Morgan fingerprint density at radius 2 is 1.93 bits per heavy atom.